The lowest BCUT2D eigenvalue weighted by Gasteiger charge is -2.42. The maximum atomic E-state index is 13.2. The van der Waals surface area contributed by atoms with Gasteiger partial charge in [-0.3, -0.25) is 14.6 Å². The fraction of sp³-hybridized carbons (Fsp3) is 0.450. The second-order valence-electron chi connectivity index (χ2n) is 7.23. The van der Waals surface area contributed by atoms with Gasteiger partial charge in [0.1, 0.15) is 18.0 Å². The third-order valence-corrected chi connectivity index (χ3v) is 6.01. The van der Waals surface area contributed by atoms with Crippen LogP contribution in [0.15, 0.2) is 36.4 Å². The van der Waals surface area contributed by atoms with E-state index in [1.807, 2.05) is 24.0 Å². The van der Waals surface area contributed by atoms with Gasteiger partial charge in [-0.15, -0.1) is 11.3 Å². The van der Waals surface area contributed by atoms with Crippen molar-refractivity contribution in [2.45, 2.75) is 19.1 Å². The van der Waals surface area contributed by atoms with Crippen molar-refractivity contribution in [3.8, 4) is 0 Å². The van der Waals surface area contributed by atoms with Crippen molar-refractivity contribution >= 4 is 22.2 Å². The molecule has 0 bridgehead atoms. The maximum absolute atomic E-state index is 13.2. The average Bonchev–Trinajstić information content (AvgIpc) is 2.99. The monoisotopic (exact) mass is 390 g/mol. The minimum Gasteiger partial charge on any atom is -0.377 e. The summed E-state index contributed by atoms with van der Waals surface area (Å²) in [6, 6.07) is 10.6. The molecule has 0 N–H and O–H groups in total. The summed E-state index contributed by atoms with van der Waals surface area (Å²) in [5.41, 5.74) is 0.494. The molecule has 144 valence electrons. The van der Waals surface area contributed by atoms with Gasteiger partial charge in [0.25, 0.3) is 5.91 Å². The summed E-state index contributed by atoms with van der Waals surface area (Å²) in [6.45, 7) is 5.78. The fourth-order valence-corrected chi connectivity index (χ4v) is 4.51. The minimum absolute atomic E-state index is 0.0168. The Balaban J connectivity index is 1.51. The molecule has 1 amide bonds. The first kappa shape index (κ1) is 18.6. The van der Waals surface area contributed by atoms with Crippen molar-refractivity contribution in [3.63, 3.8) is 0 Å². The average molecular weight is 390 g/mol. The zero-order valence-corrected chi connectivity index (χ0v) is 16.1. The van der Waals surface area contributed by atoms with Gasteiger partial charge in [0.15, 0.2) is 0 Å². The van der Waals surface area contributed by atoms with Crippen LogP contribution in [0.25, 0.3) is 0 Å². The predicted molar refractivity (Wildman–Crippen MR) is 103 cm³/mol. The van der Waals surface area contributed by atoms with Crippen LogP contribution >= 0.6 is 11.3 Å². The van der Waals surface area contributed by atoms with Crippen molar-refractivity contribution in [2.24, 2.45) is 0 Å². The smallest absolute Gasteiger partial charge is 0.253 e. The number of anilines is 1. The lowest BCUT2D eigenvalue weighted by molar-refractivity contribution is -0.146. The zero-order chi connectivity index (χ0) is 18.9. The molecule has 2 aliphatic rings. The number of hydrogen-bond acceptors (Lipinski definition) is 5. The highest BCUT2D eigenvalue weighted by Crippen LogP contribution is 2.31. The van der Waals surface area contributed by atoms with Gasteiger partial charge in [0, 0.05) is 24.5 Å². The molecule has 3 heterocycles. The van der Waals surface area contributed by atoms with Crippen LogP contribution in [0.3, 0.4) is 0 Å². The Kier molecular flexibility index (Phi) is 5.27. The largest absolute Gasteiger partial charge is 0.377 e. The van der Waals surface area contributed by atoms with Crippen LogP contribution in [0, 0.1) is 12.7 Å². The van der Waals surface area contributed by atoms with Crippen molar-refractivity contribution in [3.05, 3.63) is 52.7 Å². The first-order valence-electron chi connectivity index (χ1n) is 9.08. The predicted octanol–water partition coefficient (Wildman–Crippen LogP) is 2.83. The highest BCUT2D eigenvalue weighted by Gasteiger charge is 2.43. The van der Waals surface area contributed by atoms with Crippen LogP contribution in [0.5, 0.6) is 0 Å². The van der Waals surface area contributed by atoms with E-state index in [0.29, 0.717) is 32.8 Å². The Bertz CT molecular complexity index is 810. The molecule has 1 aromatic carbocycles. The number of amides is 1. The first-order chi connectivity index (χ1) is 13.0. The van der Waals surface area contributed by atoms with E-state index in [1.54, 1.807) is 23.5 Å². The van der Waals surface area contributed by atoms with Gasteiger partial charge in [0.05, 0.1) is 24.8 Å². The molecule has 0 radical (unpaired) electrons. The van der Waals surface area contributed by atoms with Crippen LogP contribution in [0.4, 0.5) is 9.39 Å². The molecule has 2 fully saturated rings. The van der Waals surface area contributed by atoms with Gasteiger partial charge in [-0.05, 0) is 36.8 Å². The molecular weight excluding hydrogens is 367 g/mol. The zero-order valence-electron chi connectivity index (χ0n) is 15.3. The normalized spacial score (nSPS) is 24.4. The standard InChI is InChI=1S/C20H23FN2O3S/c1-15-2-7-19(27-15)23-13-20(26-11-18(23)24)12-22(8-9-25-14-20)10-16-3-5-17(21)6-4-16/h2-7H,8-14H2,1H3. The minimum atomic E-state index is -0.553. The number of carbonyl (C=O) groups is 1. The highest BCUT2D eigenvalue weighted by atomic mass is 32.1. The van der Waals surface area contributed by atoms with E-state index in [0.717, 1.165) is 17.1 Å². The van der Waals surface area contributed by atoms with Crippen LogP contribution in [0.2, 0.25) is 0 Å². The van der Waals surface area contributed by atoms with Crippen LogP contribution in [-0.4, -0.2) is 55.9 Å². The summed E-state index contributed by atoms with van der Waals surface area (Å²) in [4.78, 5) is 17.7. The molecule has 5 nitrogen and oxygen atoms in total. The van der Waals surface area contributed by atoms with Crippen LogP contribution in [-0.2, 0) is 20.8 Å². The number of ether oxygens (including phenoxy) is 2. The number of benzene rings is 1. The molecule has 27 heavy (non-hydrogen) atoms. The first-order valence-corrected chi connectivity index (χ1v) is 9.90. The maximum Gasteiger partial charge on any atom is 0.253 e. The molecule has 1 aromatic heterocycles. The summed E-state index contributed by atoms with van der Waals surface area (Å²) < 4.78 is 25.0. The fourth-order valence-electron chi connectivity index (χ4n) is 3.63. The van der Waals surface area contributed by atoms with Gasteiger partial charge in [0.2, 0.25) is 0 Å². The Morgan fingerprint density at radius 2 is 2.00 bits per heavy atom. The molecular formula is C20H23FN2O3S. The third kappa shape index (κ3) is 4.21. The Hall–Kier alpha value is -1.80. The second kappa shape index (κ2) is 7.67. The molecule has 1 spiro atoms. The van der Waals surface area contributed by atoms with E-state index in [1.165, 1.54) is 17.0 Å². The number of hydrogen-bond donors (Lipinski definition) is 0. The van der Waals surface area contributed by atoms with Crippen LogP contribution < -0.4 is 4.90 Å². The van der Waals surface area contributed by atoms with E-state index in [2.05, 4.69) is 4.90 Å². The molecule has 1 atom stereocenters. The lowest BCUT2D eigenvalue weighted by Crippen LogP contribution is -2.60. The summed E-state index contributed by atoms with van der Waals surface area (Å²) in [5, 5.41) is 0.953. The van der Waals surface area contributed by atoms with E-state index in [4.69, 9.17) is 9.47 Å². The van der Waals surface area contributed by atoms with Gasteiger partial charge in [-0.2, -0.15) is 0 Å². The van der Waals surface area contributed by atoms with E-state index in [9.17, 15) is 9.18 Å². The Labute approximate surface area is 162 Å². The highest BCUT2D eigenvalue weighted by molar-refractivity contribution is 7.16. The number of rotatable bonds is 3. The number of carbonyl (C=O) groups excluding carboxylic acids is 1. The molecule has 4 rings (SSSR count). The molecule has 2 aromatic rings. The summed E-state index contributed by atoms with van der Waals surface area (Å²) in [6.07, 6.45) is 0. The lowest BCUT2D eigenvalue weighted by atomic mass is 10.0. The van der Waals surface area contributed by atoms with E-state index >= 15 is 0 Å². The molecule has 0 saturated carbocycles. The van der Waals surface area contributed by atoms with Crippen molar-refractivity contribution < 1.29 is 18.7 Å². The summed E-state index contributed by atoms with van der Waals surface area (Å²) in [5.74, 6) is -0.248. The number of thiophene rings is 1. The quantitative estimate of drug-likeness (QED) is 0.808. The van der Waals surface area contributed by atoms with E-state index in [-0.39, 0.29) is 18.3 Å². The van der Waals surface area contributed by atoms with Crippen molar-refractivity contribution in [1.29, 1.82) is 0 Å². The topological polar surface area (TPSA) is 42.0 Å². The number of nitrogens with zero attached hydrogens (tertiary/aromatic N) is 2. The molecule has 2 saturated heterocycles. The summed E-state index contributed by atoms with van der Waals surface area (Å²) in [7, 11) is 0. The number of halogens is 1. The van der Waals surface area contributed by atoms with Gasteiger partial charge in [-0.25, -0.2) is 4.39 Å². The Morgan fingerprint density at radius 3 is 2.74 bits per heavy atom. The SMILES string of the molecule is Cc1ccc(N2CC3(COCCN(Cc4ccc(F)cc4)C3)OCC2=O)s1. The van der Waals surface area contributed by atoms with Crippen molar-refractivity contribution in [1.82, 2.24) is 4.90 Å². The van der Waals surface area contributed by atoms with Gasteiger partial charge >= 0.3 is 0 Å². The van der Waals surface area contributed by atoms with Gasteiger partial charge < -0.3 is 9.47 Å². The van der Waals surface area contributed by atoms with Crippen molar-refractivity contribution in [2.75, 3.05) is 44.4 Å². The second-order valence-corrected chi connectivity index (χ2v) is 8.49. The van der Waals surface area contributed by atoms with E-state index < -0.39 is 5.60 Å². The third-order valence-electron chi connectivity index (χ3n) is 4.99. The summed E-state index contributed by atoms with van der Waals surface area (Å²) >= 11 is 1.61. The molecule has 1 unspecified atom stereocenters. The molecule has 0 aliphatic carbocycles. The van der Waals surface area contributed by atoms with Crippen LogP contribution in [0.1, 0.15) is 10.4 Å². The number of morpholine rings is 1. The Morgan fingerprint density at radius 1 is 1.19 bits per heavy atom. The van der Waals surface area contributed by atoms with Gasteiger partial charge in [-0.1, -0.05) is 12.1 Å². The number of aryl methyl sites for hydroxylation is 1. The molecule has 2 aliphatic heterocycles. The molecule has 7 heteroatoms.